The first-order valence-corrected chi connectivity index (χ1v) is 7.91. The van der Waals surface area contributed by atoms with E-state index in [2.05, 4.69) is 27.6 Å². The van der Waals surface area contributed by atoms with E-state index < -0.39 is 5.37 Å². The fourth-order valence-corrected chi connectivity index (χ4v) is 1.94. The summed E-state index contributed by atoms with van der Waals surface area (Å²) in [7, 11) is 0. The van der Waals surface area contributed by atoms with Gasteiger partial charge in [-0.3, -0.25) is 4.79 Å². The molecule has 0 fully saturated rings. The summed E-state index contributed by atoms with van der Waals surface area (Å²) in [5.41, 5.74) is 6.36. The molecule has 2 N–H and O–H groups in total. The number of halogens is 1. The maximum atomic E-state index is 8.99. The standard InChI is InChI=1S/2C9H7NO.CH2ClNO/c2*1-2-6-9-8(4-1)5-3-7-10-11-9;2-1(3)4/h2*1-7H;(H2,3,4). The van der Waals surface area contributed by atoms with Gasteiger partial charge >= 0.3 is 5.37 Å². The van der Waals surface area contributed by atoms with E-state index >= 15 is 0 Å². The maximum Gasteiger partial charge on any atom is 0.311 e. The van der Waals surface area contributed by atoms with Crippen LogP contribution in [0.1, 0.15) is 11.1 Å². The van der Waals surface area contributed by atoms with Crippen molar-refractivity contribution in [3.8, 4) is 11.5 Å². The molecule has 0 unspecified atom stereocenters. The minimum absolute atomic E-state index is 0.803. The number of nitrogens with zero attached hydrogens (tertiary/aromatic N) is 2. The van der Waals surface area contributed by atoms with Gasteiger partial charge in [0.15, 0.2) is 11.5 Å². The largest absolute Gasteiger partial charge is 0.356 e. The Kier molecular flexibility index (Phi) is 7.64. The van der Waals surface area contributed by atoms with Crippen molar-refractivity contribution in [1.82, 2.24) is 0 Å². The lowest BCUT2D eigenvalue weighted by molar-refractivity contribution is 0.266. The number of hydrogen-bond donors (Lipinski definition) is 1. The normalized spacial score (nSPS) is 12.3. The molecule has 6 nitrogen and oxygen atoms in total. The fraction of sp³-hybridized carbons (Fsp3) is 0. The number of fused-ring (bicyclic) bond motifs is 2. The smallest absolute Gasteiger partial charge is 0.311 e. The van der Waals surface area contributed by atoms with E-state index in [0.717, 1.165) is 22.6 Å². The van der Waals surface area contributed by atoms with Crippen LogP contribution in [0, 0.1) is 0 Å². The number of benzene rings is 2. The van der Waals surface area contributed by atoms with E-state index in [4.69, 9.17) is 14.5 Å². The first-order valence-electron chi connectivity index (χ1n) is 7.54. The van der Waals surface area contributed by atoms with Crippen molar-refractivity contribution in [3.05, 3.63) is 71.8 Å². The second kappa shape index (κ2) is 10.5. The second-order valence-electron chi connectivity index (χ2n) is 4.79. The van der Waals surface area contributed by atoms with Gasteiger partial charge in [-0.05, 0) is 48.0 Å². The van der Waals surface area contributed by atoms with Crippen LogP contribution in [0.15, 0.2) is 71.0 Å². The first-order chi connectivity index (χ1) is 12.7. The summed E-state index contributed by atoms with van der Waals surface area (Å²) in [6, 6.07) is 15.5. The molecule has 1 amide bonds. The molecule has 0 atom stereocenters. The number of primary amides is 1. The van der Waals surface area contributed by atoms with Gasteiger partial charge in [-0.15, -0.1) is 0 Å². The predicted octanol–water partition coefficient (Wildman–Crippen LogP) is 4.46. The molecule has 0 bridgehead atoms. The Morgan fingerprint density at radius 2 is 1.19 bits per heavy atom. The molecule has 0 aromatic heterocycles. The third-order valence-electron chi connectivity index (χ3n) is 2.99. The second-order valence-corrected chi connectivity index (χ2v) is 5.16. The predicted molar refractivity (Wildman–Crippen MR) is 105 cm³/mol. The zero-order chi connectivity index (χ0) is 18.6. The number of amides is 1. The van der Waals surface area contributed by atoms with Crippen molar-refractivity contribution in [2.24, 2.45) is 16.0 Å². The number of rotatable bonds is 0. The number of oxime groups is 2. The van der Waals surface area contributed by atoms with Crippen LogP contribution < -0.4 is 15.4 Å². The van der Waals surface area contributed by atoms with Crippen LogP contribution in [0.5, 0.6) is 11.5 Å². The highest BCUT2D eigenvalue weighted by Gasteiger charge is 2.00. The summed E-state index contributed by atoms with van der Waals surface area (Å²) in [6.45, 7) is 0. The average molecular weight is 370 g/mol. The van der Waals surface area contributed by atoms with Crippen molar-refractivity contribution < 1.29 is 14.5 Å². The Morgan fingerprint density at radius 3 is 1.62 bits per heavy atom. The molecular formula is C19H16ClN3O3. The number of carbonyl (C=O) groups excluding carboxylic acids is 1. The van der Waals surface area contributed by atoms with Crippen molar-refractivity contribution in [2.75, 3.05) is 0 Å². The third kappa shape index (κ3) is 6.62. The molecular weight excluding hydrogens is 354 g/mol. The van der Waals surface area contributed by atoms with Crippen LogP contribution in [0.4, 0.5) is 4.79 Å². The van der Waals surface area contributed by atoms with E-state index in [1.165, 1.54) is 0 Å². The molecule has 26 heavy (non-hydrogen) atoms. The molecule has 2 heterocycles. The number of nitrogens with two attached hydrogens (primary N) is 1. The maximum absolute atomic E-state index is 8.99. The molecule has 0 spiro atoms. The molecule has 0 radical (unpaired) electrons. The van der Waals surface area contributed by atoms with Crippen molar-refractivity contribution in [1.29, 1.82) is 0 Å². The van der Waals surface area contributed by atoms with E-state index in [0.29, 0.717) is 0 Å². The Balaban J connectivity index is 0.000000156. The fourth-order valence-electron chi connectivity index (χ4n) is 1.94. The van der Waals surface area contributed by atoms with Gasteiger partial charge in [0, 0.05) is 11.1 Å². The lowest BCUT2D eigenvalue weighted by atomic mass is 10.2. The third-order valence-corrected chi connectivity index (χ3v) is 2.99. The number of allylic oxidation sites excluding steroid dienone is 2. The Bertz CT molecular complexity index is 791. The number of carbonyl (C=O) groups is 1. The highest BCUT2D eigenvalue weighted by molar-refractivity contribution is 6.62. The van der Waals surface area contributed by atoms with Crippen LogP contribution in [0.25, 0.3) is 12.2 Å². The van der Waals surface area contributed by atoms with Gasteiger partial charge in [0.05, 0.1) is 12.4 Å². The molecule has 4 rings (SSSR count). The summed E-state index contributed by atoms with van der Waals surface area (Å²) in [5.74, 6) is 1.61. The lowest BCUT2D eigenvalue weighted by Crippen LogP contribution is -1.94. The molecule has 2 aliphatic heterocycles. The van der Waals surface area contributed by atoms with Crippen molar-refractivity contribution >= 4 is 41.5 Å². The summed E-state index contributed by atoms with van der Waals surface area (Å²) in [5, 5.41) is 6.54. The molecule has 2 aromatic rings. The SMILES string of the molecule is C1=Cc2ccccc2ON=C1.C1=Cc2ccccc2ON=C1.NC(=O)Cl. The van der Waals surface area contributed by atoms with Gasteiger partial charge in [0.25, 0.3) is 0 Å². The van der Waals surface area contributed by atoms with E-state index in [1.54, 1.807) is 12.4 Å². The minimum atomic E-state index is -0.861. The van der Waals surface area contributed by atoms with Gasteiger partial charge < -0.3 is 15.4 Å². The monoisotopic (exact) mass is 369 g/mol. The zero-order valence-corrected chi connectivity index (χ0v) is 14.4. The van der Waals surface area contributed by atoms with Crippen LogP contribution in [0.2, 0.25) is 0 Å². The van der Waals surface area contributed by atoms with Crippen LogP contribution >= 0.6 is 11.6 Å². The van der Waals surface area contributed by atoms with E-state index in [1.807, 2.05) is 72.8 Å². The topological polar surface area (TPSA) is 86.3 Å². The first kappa shape index (κ1) is 19.0. The van der Waals surface area contributed by atoms with Gasteiger partial charge in [-0.25, -0.2) is 0 Å². The minimum Gasteiger partial charge on any atom is -0.356 e. The number of para-hydroxylation sites is 2. The quantitative estimate of drug-likeness (QED) is 0.549. The Labute approximate surface area is 155 Å². The average Bonchev–Trinajstić information content (AvgIpc) is 3.02. The highest BCUT2D eigenvalue weighted by Crippen LogP contribution is 2.21. The molecule has 0 saturated carbocycles. The molecule has 0 aliphatic carbocycles. The summed E-state index contributed by atoms with van der Waals surface area (Å²) in [6.07, 6.45) is 10.9. The Hall–Kier alpha value is -3.38. The summed E-state index contributed by atoms with van der Waals surface area (Å²) < 4.78 is 0. The lowest BCUT2D eigenvalue weighted by Gasteiger charge is -1.98. The zero-order valence-electron chi connectivity index (χ0n) is 13.7. The summed E-state index contributed by atoms with van der Waals surface area (Å²) in [4.78, 5) is 19.1. The molecule has 2 aromatic carbocycles. The molecule has 7 heteroatoms. The van der Waals surface area contributed by atoms with Gasteiger partial charge in [0.2, 0.25) is 0 Å². The molecule has 132 valence electrons. The van der Waals surface area contributed by atoms with Crippen LogP contribution in [0.3, 0.4) is 0 Å². The van der Waals surface area contributed by atoms with Gasteiger partial charge in [-0.1, -0.05) is 46.7 Å². The molecule has 0 saturated heterocycles. The van der Waals surface area contributed by atoms with Crippen LogP contribution in [-0.2, 0) is 0 Å². The van der Waals surface area contributed by atoms with Gasteiger partial charge in [-0.2, -0.15) is 0 Å². The summed E-state index contributed by atoms with van der Waals surface area (Å²) >= 11 is 4.41. The van der Waals surface area contributed by atoms with Crippen molar-refractivity contribution in [2.45, 2.75) is 0 Å². The number of hydrogen-bond acceptors (Lipinski definition) is 5. The highest BCUT2D eigenvalue weighted by atomic mass is 35.5. The van der Waals surface area contributed by atoms with E-state index in [9.17, 15) is 0 Å². The van der Waals surface area contributed by atoms with Crippen LogP contribution in [-0.4, -0.2) is 17.8 Å². The van der Waals surface area contributed by atoms with E-state index in [-0.39, 0.29) is 0 Å². The van der Waals surface area contributed by atoms with Crippen molar-refractivity contribution in [3.63, 3.8) is 0 Å². The molecule has 2 aliphatic rings. The Morgan fingerprint density at radius 1 is 0.808 bits per heavy atom. The van der Waals surface area contributed by atoms with Gasteiger partial charge in [0.1, 0.15) is 0 Å².